The van der Waals surface area contributed by atoms with Crippen LogP contribution in [0.25, 0.3) is 0 Å². The molecule has 0 spiro atoms. The number of benzene rings is 2. The van der Waals surface area contributed by atoms with Gasteiger partial charge in [-0.1, -0.05) is 31.4 Å². The van der Waals surface area contributed by atoms with E-state index in [1.807, 2.05) is 18.2 Å². The molecule has 2 amide bonds. The van der Waals surface area contributed by atoms with Gasteiger partial charge in [0, 0.05) is 17.8 Å². The van der Waals surface area contributed by atoms with Crippen LogP contribution < -0.4 is 24.4 Å². The number of amides is 2. The van der Waals surface area contributed by atoms with Gasteiger partial charge in [0.05, 0.1) is 13.4 Å². The number of hydrogen-bond donors (Lipinski definition) is 1. The smallest absolute Gasteiger partial charge is 0.294 e. The maximum Gasteiger partial charge on any atom is 0.294 e. The highest BCUT2D eigenvalue weighted by Gasteiger charge is 2.36. The summed E-state index contributed by atoms with van der Waals surface area (Å²) < 4.78 is 22.4. The van der Waals surface area contributed by atoms with Gasteiger partial charge in [-0.3, -0.25) is 14.5 Å². The van der Waals surface area contributed by atoms with Crippen LogP contribution in [0.2, 0.25) is 0 Å². The van der Waals surface area contributed by atoms with Crippen molar-refractivity contribution < 1.29 is 28.2 Å². The Morgan fingerprint density at radius 1 is 0.972 bits per heavy atom. The van der Waals surface area contributed by atoms with Gasteiger partial charge >= 0.3 is 0 Å². The van der Waals surface area contributed by atoms with E-state index < -0.39 is 11.9 Å². The lowest BCUT2D eigenvalue weighted by Gasteiger charge is -2.33. The van der Waals surface area contributed by atoms with E-state index in [2.05, 4.69) is 5.32 Å². The van der Waals surface area contributed by atoms with E-state index in [1.165, 1.54) is 17.6 Å². The third kappa shape index (κ3) is 5.03. The normalized spacial score (nSPS) is 16.1. The van der Waals surface area contributed by atoms with Gasteiger partial charge in [-0.15, -0.1) is 0 Å². The maximum atomic E-state index is 14.0. The Labute approximate surface area is 210 Å². The Hall–Kier alpha value is -3.94. The van der Waals surface area contributed by atoms with Crippen LogP contribution in [-0.4, -0.2) is 38.2 Å². The van der Waals surface area contributed by atoms with Gasteiger partial charge in [-0.05, 0) is 54.8 Å². The molecule has 1 fully saturated rings. The zero-order chi connectivity index (χ0) is 24.9. The number of methoxy groups -OCH3 is 1. The van der Waals surface area contributed by atoms with Crippen LogP contribution in [-0.2, 0) is 4.79 Å². The van der Waals surface area contributed by atoms with Crippen molar-refractivity contribution in [2.45, 2.75) is 44.2 Å². The fraction of sp³-hybridized carbons (Fsp3) is 0.357. The van der Waals surface area contributed by atoms with Crippen LogP contribution in [0.3, 0.4) is 0 Å². The summed E-state index contributed by atoms with van der Waals surface area (Å²) in [4.78, 5) is 29.3. The van der Waals surface area contributed by atoms with Crippen molar-refractivity contribution in [3.8, 4) is 17.2 Å². The van der Waals surface area contributed by atoms with E-state index in [4.69, 9.17) is 18.6 Å². The number of furan rings is 1. The van der Waals surface area contributed by atoms with Crippen LogP contribution in [0.5, 0.6) is 17.2 Å². The van der Waals surface area contributed by atoms with E-state index in [1.54, 1.807) is 43.5 Å². The first-order valence-electron chi connectivity index (χ1n) is 12.3. The van der Waals surface area contributed by atoms with Crippen molar-refractivity contribution in [2.75, 3.05) is 25.2 Å². The molecule has 1 N–H and O–H groups in total. The van der Waals surface area contributed by atoms with Crippen molar-refractivity contribution in [1.29, 1.82) is 0 Å². The minimum atomic E-state index is -0.970. The molecule has 0 bridgehead atoms. The third-order valence-corrected chi connectivity index (χ3v) is 6.62. The quantitative estimate of drug-likeness (QED) is 0.507. The van der Waals surface area contributed by atoms with Crippen molar-refractivity contribution in [3.05, 3.63) is 72.2 Å². The fourth-order valence-corrected chi connectivity index (χ4v) is 4.84. The molecule has 0 saturated heterocycles. The van der Waals surface area contributed by atoms with E-state index in [0.29, 0.717) is 41.7 Å². The van der Waals surface area contributed by atoms with Crippen LogP contribution in [0.1, 0.15) is 54.3 Å². The molecule has 8 nitrogen and oxygen atoms in total. The molecule has 2 aliphatic rings. The summed E-state index contributed by atoms with van der Waals surface area (Å²) in [5, 5.41) is 3.21. The Morgan fingerprint density at radius 3 is 2.53 bits per heavy atom. The molecule has 1 aromatic heterocycles. The molecule has 2 aromatic carbocycles. The largest absolute Gasteiger partial charge is 0.497 e. The molecule has 3 aromatic rings. The highest BCUT2D eigenvalue weighted by molar-refractivity contribution is 6.08. The molecule has 8 heteroatoms. The monoisotopic (exact) mass is 490 g/mol. The van der Waals surface area contributed by atoms with Gasteiger partial charge in [0.25, 0.3) is 5.91 Å². The zero-order valence-corrected chi connectivity index (χ0v) is 20.3. The van der Waals surface area contributed by atoms with Crippen LogP contribution in [0.15, 0.2) is 65.3 Å². The summed E-state index contributed by atoms with van der Waals surface area (Å²) in [6, 6.07) is 14.8. The van der Waals surface area contributed by atoms with E-state index in [-0.39, 0.29) is 17.7 Å². The Balaban J connectivity index is 1.60. The average molecular weight is 491 g/mol. The number of nitrogens with zero attached hydrogens (tertiary/aromatic N) is 1. The number of carbonyl (C=O) groups excluding carboxylic acids is 2. The lowest BCUT2D eigenvalue weighted by Crippen LogP contribution is -2.47. The van der Waals surface area contributed by atoms with Crippen LogP contribution in [0.4, 0.5) is 5.69 Å². The van der Waals surface area contributed by atoms with Crippen molar-refractivity contribution in [3.63, 3.8) is 0 Å². The highest BCUT2D eigenvalue weighted by atomic mass is 16.6. The SMILES string of the molecule is COc1cccc(C(C(=O)NC2CCCCC2)N(C(=O)c2ccco2)c2ccc3c(c2)OCCO3)c1. The Bertz CT molecular complexity index is 1200. The second kappa shape index (κ2) is 10.8. The zero-order valence-electron chi connectivity index (χ0n) is 20.3. The number of ether oxygens (including phenoxy) is 3. The first-order valence-corrected chi connectivity index (χ1v) is 12.3. The first-order chi connectivity index (χ1) is 17.6. The molecule has 1 aliphatic heterocycles. The van der Waals surface area contributed by atoms with Crippen LogP contribution in [0, 0.1) is 0 Å². The van der Waals surface area contributed by atoms with Crippen molar-refractivity contribution >= 4 is 17.5 Å². The molecule has 1 saturated carbocycles. The molecule has 2 heterocycles. The number of rotatable bonds is 7. The lowest BCUT2D eigenvalue weighted by molar-refractivity contribution is -0.123. The summed E-state index contributed by atoms with van der Waals surface area (Å²) in [6.45, 7) is 0.863. The molecule has 1 atom stereocenters. The van der Waals surface area contributed by atoms with Crippen LogP contribution >= 0.6 is 0 Å². The summed E-state index contributed by atoms with van der Waals surface area (Å²) in [5.74, 6) is 1.14. The molecule has 36 heavy (non-hydrogen) atoms. The molecule has 1 unspecified atom stereocenters. The first kappa shape index (κ1) is 23.8. The van der Waals surface area contributed by atoms with E-state index in [0.717, 1.165) is 25.7 Å². The number of anilines is 1. The second-order valence-corrected chi connectivity index (χ2v) is 9.00. The number of fused-ring (bicyclic) bond motifs is 1. The summed E-state index contributed by atoms with van der Waals surface area (Å²) >= 11 is 0. The molecule has 0 radical (unpaired) electrons. The van der Waals surface area contributed by atoms with Crippen molar-refractivity contribution in [1.82, 2.24) is 5.32 Å². The van der Waals surface area contributed by atoms with Gasteiger partial charge < -0.3 is 23.9 Å². The number of carbonyl (C=O) groups is 2. The third-order valence-electron chi connectivity index (χ3n) is 6.62. The molecule has 5 rings (SSSR count). The highest BCUT2D eigenvalue weighted by Crippen LogP contribution is 2.38. The second-order valence-electron chi connectivity index (χ2n) is 9.00. The predicted molar refractivity (Wildman–Crippen MR) is 134 cm³/mol. The molecule has 188 valence electrons. The minimum absolute atomic E-state index is 0.0696. The minimum Gasteiger partial charge on any atom is -0.497 e. The fourth-order valence-electron chi connectivity index (χ4n) is 4.84. The predicted octanol–water partition coefficient (Wildman–Crippen LogP) is 4.90. The summed E-state index contributed by atoms with van der Waals surface area (Å²) in [5.41, 5.74) is 1.12. The lowest BCUT2D eigenvalue weighted by atomic mass is 9.94. The van der Waals surface area contributed by atoms with Gasteiger partial charge in [-0.2, -0.15) is 0 Å². The van der Waals surface area contributed by atoms with E-state index >= 15 is 0 Å². The van der Waals surface area contributed by atoms with Gasteiger partial charge in [-0.25, -0.2) is 0 Å². The topological polar surface area (TPSA) is 90.2 Å². The summed E-state index contributed by atoms with van der Waals surface area (Å²) in [6.07, 6.45) is 6.61. The van der Waals surface area contributed by atoms with Gasteiger partial charge in [0.1, 0.15) is 25.0 Å². The Morgan fingerprint density at radius 2 is 1.78 bits per heavy atom. The molecule has 1 aliphatic carbocycles. The van der Waals surface area contributed by atoms with Crippen molar-refractivity contribution in [2.24, 2.45) is 0 Å². The van der Waals surface area contributed by atoms with Gasteiger partial charge in [0.15, 0.2) is 17.3 Å². The average Bonchev–Trinajstić information content (AvgIpc) is 3.47. The standard InChI is InChI=1S/C28H30N2O6/c1-33-22-10-5-7-19(17-22)26(27(31)29-20-8-3-2-4-9-20)30(28(32)24-11-6-14-34-24)21-12-13-23-25(18-21)36-16-15-35-23/h5-7,10-14,17-18,20,26H,2-4,8-9,15-16H2,1H3,(H,29,31). The molecular formula is C28H30N2O6. The Kier molecular flexibility index (Phi) is 7.11. The maximum absolute atomic E-state index is 14.0. The van der Waals surface area contributed by atoms with Gasteiger partial charge in [0.2, 0.25) is 5.91 Å². The number of hydrogen-bond acceptors (Lipinski definition) is 6. The summed E-state index contributed by atoms with van der Waals surface area (Å²) in [7, 11) is 1.57. The number of nitrogens with one attached hydrogen (secondary N) is 1. The molecular weight excluding hydrogens is 460 g/mol. The van der Waals surface area contributed by atoms with E-state index in [9.17, 15) is 9.59 Å².